The van der Waals surface area contributed by atoms with E-state index in [1.165, 1.54) is 48.1 Å². The number of allylic oxidation sites excluding steroid dienone is 9. The maximum absolute atomic E-state index is 4.30. The van der Waals surface area contributed by atoms with Crippen LogP contribution in [0.4, 0.5) is 0 Å². The third-order valence-corrected chi connectivity index (χ3v) is 6.66. The second-order valence-corrected chi connectivity index (χ2v) is 9.84. The summed E-state index contributed by atoms with van der Waals surface area (Å²) in [6, 6.07) is 6.85. The van der Waals surface area contributed by atoms with E-state index < -0.39 is 0 Å². The van der Waals surface area contributed by atoms with Gasteiger partial charge in [0, 0.05) is 23.5 Å². The summed E-state index contributed by atoms with van der Waals surface area (Å²) < 4.78 is 0. The van der Waals surface area contributed by atoms with Crippen LogP contribution in [0.2, 0.25) is 0 Å². The zero-order valence-electron chi connectivity index (χ0n) is 24.0. The lowest BCUT2D eigenvalue weighted by Crippen LogP contribution is -2.45. The molecule has 1 aliphatic rings. The van der Waals surface area contributed by atoms with E-state index in [9.17, 15) is 0 Å². The first-order valence-electron chi connectivity index (χ1n) is 13.4. The standard InChI is InChI=1S/C22H37N.C11H13N/c1-8-14-22(7,15-9-2)23(21(10-3)11-4)17-20-16-18(5)12-13-19(20)6;1-4-10-7-5-6-8-11(10)12-9(2)3/h10,12-13,16H,8-9,11,14-15,17H2,1-7H3;4-8H,2H2,1,3H3/b21-10+;10-4-,12-11?. The smallest absolute Gasteiger partial charge is 0.0701 e. The fourth-order valence-electron chi connectivity index (χ4n) is 4.84. The highest BCUT2D eigenvalue weighted by Gasteiger charge is 2.31. The molecule has 0 atom stereocenters. The van der Waals surface area contributed by atoms with Crippen molar-refractivity contribution in [3.63, 3.8) is 0 Å². The zero-order valence-corrected chi connectivity index (χ0v) is 24.0. The van der Waals surface area contributed by atoms with Crippen LogP contribution >= 0.6 is 0 Å². The molecule has 2 heteroatoms. The van der Waals surface area contributed by atoms with Gasteiger partial charge in [-0.2, -0.15) is 0 Å². The van der Waals surface area contributed by atoms with Gasteiger partial charge in [-0.05, 0) is 83.6 Å². The van der Waals surface area contributed by atoms with Crippen molar-refractivity contribution in [3.8, 4) is 0 Å². The van der Waals surface area contributed by atoms with Crippen molar-refractivity contribution in [3.05, 3.63) is 94.9 Å². The summed E-state index contributed by atoms with van der Waals surface area (Å²) in [5.74, 6) is 0. The molecule has 192 valence electrons. The van der Waals surface area contributed by atoms with Crippen molar-refractivity contribution < 1.29 is 0 Å². The Morgan fingerprint density at radius 2 is 1.66 bits per heavy atom. The van der Waals surface area contributed by atoms with Crippen LogP contribution in [-0.4, -0.2) is 16.2 Å². The van der Waals surface area contributed by atoms with Gasteiger partial charge in [0.2, 0.25) is 0 Å². The van der Waals surface area contributed by atoms with Gasteiger partial charge in [-0.25, -0.2) is 0 Å². The molecule has 0 unspecified atom stereocenters. The topological polar surface area (TPSA) is 15.6 Å². The highest BCUT2D eigenvalue weighted by molar-refractivity contribution is 6.11. The molecule has 0 saturated carbocycles. The molecular weight excluding hydrogens is 424 g/mol. The van der Waals surface area contributed by atoms with Gasteiger partial charge in [0.1, 0.15) is 0 Å². The molecule has 0 bridgehead atoms. The van der Waals surface area contributed by atoms with Gasteiger partial charge in [0.15, 0.2) is 0 Å². The SMILES string of the molecule is C/C=C(\CC)N(Cc1cc(C)ccc1C)C(C)(CCC)CCC.C=C(C)N=C1C=CC=C/C1=C/C. The normalized spacial score (nSPS) is 15.9. The number of rotatable bonds is 10. The number of hydrogen-bond acceptors (Lipinski definition) is 2. The summed E-state index contributed by atoms with van der Waals surface area (Å²) in [6.07, 6.45) is 18.5. The number of nitrogens with zero attached hydrogens (tertiary/aromatic N) is 2. The minimum absolute atomic E-state index is 0.248. The van der Waals surface area contributed by atoms with Gasteiger partial charge in [-0.1, -0.05) is 94.3 Å². The third kappa shape index (κ3) is 9.51. The van der Waals surface area contributed by atoms with Crippen LogP contribution in [0, 0.1) is 13.8 Å². The summed E-state index contributed by atoms with van der Waals surface area (Å²) in [5.41, 5.74) is 8.94. The molecule has 0 aromatic heterocycles. The van der Waals surface area contributed by atoms with Crippen LogP contribution in [0.25, 0.3) is 0 Å². The van der Waals surface area contributed by atoms with E-state index in [1.807, 2.05) is 44.2 Å². The first kappa shape index (κ1) is 30.4. The minimum Gasteiger partial charge on any atom is -0.365 e. The number of aliphatic imine (C=N–C) groups is 1. The average Bonchev–Trinajstić information content (AvgIpc) is 2.82. The van der Waals surface area contributed by atoms with E-state index in [0.29, 0.717) is 0 Å². The Balaban J connectivity index is 0.000000427. The molecule has 0 spiro atoms. The number of aryl methyl sites for hydroxylation is 2. The lowest BCUT2D eigenvalue weighted by molar-refractivity contribution is 0.110. The van der Waals surface area contributed by atoms with Crippen molar-refractivity contribution in [2.75, 3.05) is 0 Å². The van der Waals surface area contributed by atoms with Crippen molar-refractivity contribution in [1.82, 2.24) is 4.90 Å². The second kappa shape index (κ2) is 15.4. The molecule has 0 radical (unpaired) electrons. The quantitative estimate of drug-likeness (QED) is 0.329. The van der Waals surface area contributed by atoms with Crippen molar-refractivity contribution in [2.45, 2.75) is 107 Å². The van der Waals surface area contributed by atoms with Gasteiger partial charge < -0.3 is 4.90 Å². The highest BCUT2D eigenvalue weighted by atomic mass is 15.2. The second-order valence-electron chi connectivity index (χ2n) is 9.84. The molecule has 0 amide bonds. The fourth-order valence-corrected chi connectivity index (χ4v) is 4.84. The van der Waals surface area contributed by atoms with Crippen molar-refractivity contribution in [2.24, 2.45) is 4.99 Å². The van der Waals surface area contributed by atoms with Gasteiger partial charge in [-0.3, -0.25) is 4.99 Å². The lowest BCUT2D eigenvalue weighted by Gasteiger charge is -2.45. The molecule has 1 aliphatic carbocycles. The Labute approximate surface area is 216 Å². The average molecular weight is 475 g/mol. The Kier molecular flexibility index (Phi) is 13.4. The Bertz CT molecular complexity index is 963. The monoisotopic (exact) mass is 474 g/mol. The summed E-state index contributed by atoms with van der Waals surface area (Å²) >= 11 is 0. The molecular formula is C33H50N2. The molecule has 0 aliphatic heterocycles. The van der Waals surface area contributed by atoms with Crippen LogP contribution in [0.1, 0.15) is 97.3 Å². The molecule has 1 aromatic rings. The Hall–Kier alpha value is -2.61. The summed E-state index contributed by atoms with van der Waals surface area (Å²) in [5, 5.41) is 0. The molecule has 0 N–H and O–H groups in total. The van der Waals surface area contributed by atoms with Gasteiger partial charge in [-0.15, -0.1) is 0 Å². The number of benzene rings is 1. The highest BCUT2D eigenvalue weighted by Crippen LogP contribution is 2.33. The van der Waals surface area contributed by atoms with Crippen LogP contribution in [0.5, 0.6) is 0 Å². The zero-order chi connectivity index (χ0) is 26.4. The van der Waals surface area contributed by atoms with Crippen LogP contribution in [0.15, 0.2) is 83.2 Å². The maximum Gasteiger partial charge on any atom is 0.0701 e. The van der Waals surface area contributed by atoms with Gasteiger partial charge >= 0.3 is 0 Å². The summed E-state index contributed by atoms with van der Waals surface area (Å²) in [6.45, 7) is 24.7. The van der Waals surface area contributed by atoms with Gasteiger partial charge in [0.05, 0.1) is 5.71 Å². The fraction of sp³-hybridized carbons (Fsp3) is 0.485. The van der Waals surface area contributed by atoms with Crippen LogP contribution < -0.4 is 0 Å². The molecule has 0 saturated heterocycles. The third-order valence-electron chi connectivity index (χ3n) is 6.66. The minimum atomic E-state index is 0.248. The van der Waals surface area contributed by atoms with E-state index in [-0.39, 0.29) is 5.54 Å². The first-order chi connectivity index (χ1) is 16.6. The molecule has 0 fully saturated rings. The number of hydrogen-bond donors (Lipinski definition) is 0. The summed E-state index contributed by atoms with van der Waals surface area (Å²) in [7, 11) is 0. The van der Waals surface area contributed by atoms with E-state index >= 15 is 0 Å². The molecule has 2 nitrogen and oxygen atoms in total. The maximum atomic E-state index is 4.30. The Morgan fingerprint density at radius 1 is 1.03 bits per heavy atom. The molecule has 1 aromatic carbocycles. The molecule has 35 heavy (non-hydrogen) atoms. The van der Waals surface area contributed by atoms with Crippen molar-refractivity contribution >= 4 is 5.71 Å². The van der Waals surface area contributed by atoms with Crippen molar-refractivity contribution in [1.29, 1.82) is 0 Å². The molecule has 2 rings (SSSR count). The van der Waals surface area contributed by atoms with E-state index in [1.54, 1.807) is 0 Å². The molecule has 0 heterocycles. The largest absolute Gasteiger partial charge is 0.365 e. The van der Waals surface area contributed by atoms with E-state index in [4.69, 9.17) is 0 Å². The lowest BCUT2D eigenvalue weighted by atomic mass is 9.87. The van der Waals surface area contributed by atoms with Crippen LogP contribution in [-0.2, 0) is 6.54 Å². The van der Waals surface area contributed by atoms with E-state index in [2.05, 4.69) is 89.2 Å². The first-order valence-corrected chi connectivity index (χ1v) is 13.4. The summed E-state index contributed by atoms with van der Waals surface area (Å²) in [4.78, 5) is 7.00. The van der Waals surface area contributed by atoms with Crippen LogP contribution in [0.3, 0.4) is 0 Å². The Morgan fingerprint density at radius 3 is 2.17 bits per heavy atom. The predicted octanol–water partition coefficient (Wildman–Crippen LogP) is 9.81. The van der Waals surface area contributed by atoms with Gasteiger partial charge in [0.25, 0.3) is 0 Å². The van der Waals surface area contributed by atoms with E-state index in [0.717, 1.165) is 29.9 Å². The predicted molar refractivity (Wildman–Crippen MR) is 158 cm³/mol.